The van der Waals surface area contributed by atoms with Gasteiger partial charge < -0.3 is 10.2 Å². The lowest BCUT2D eigenvalue weighted by molar-refractivity contribution is -0.131. The molecule has 1 unspecified atom stereocenters. The first-order valence-electron chi connectivity index (χ1n) is 4.34. The molecule has 1 aliphatic rings. The summed E-state index contributed by atoms with van der Waals surface area (Å²) in [6.45, 7) is 3.85. The normalized spacial score (nSPS) is 30.0. The van der Waals surface area contributed by atoms with Crippen molar-refractivity contribution in [1.82, 2.24) is 4.90 Å². The molecule has 1 atom stereocenters. The predicted octanol–water partition coefficient (Wildman–Crippen LogP) is 0.0839. The van der Waals surface area contributed by atoms with E-state index < -0.39 is 11.6 Å². The Morgan fingerprint density at radius 2 is 2.38 bits per heavy atom. The maximum atomic E-state index is 10.1. The third-order valence-corrected chi connectivity index (χ3v) is 2.15. The Morgan fingerprint density at radius 1 is 1.69 bits per heavy atom. The van der Waals surface area contributed by atoms with Gasteiger partial charge in [-0.05, 0) is 13.3 Å². The van der Waals surface area contributed by atoms with Crippen LogP contribution in [0.3, 0.4) is 0 Å². The fourth-order valence-corrected chi connectivity index (χ4v) is 1.50. The van der Waals surface area contributed by atoms with Gasteiger partial charge in [-0.2, -0.15) is 0 Å². The van der Waals surface area contributed by atoms with Crippen LogP contribution in [0.5, 0.6) is 0 Å². The van der Waals surface area contributed by atoms with Crippen LogP contribution in [0.25, 0.3) is 0 Å². The van der Waals surface area contributed by atoms with Crippen molar-refractivity contribution in [3.8, 4) is 0 Å². The van der Waals surface area contributed by atoms with Crippen LogP contribution in [-0.4, -0.2) is 46.3 Å². The van der Waals surface area contributed by atoms with Crippen molar-refractivity contribution in [3.05, 3.63) is 12.2 Å². The number of nitrogens with zero attached hydrogens (tertiary/aromatic N) is 1. The zero-order chi connectivity index (χ0) is 9.90. The lowest BCUT2D eigenvalue weighted by atomic mass is 10.1. The molecule has 13 heavy (non-hydrogen) atoms. The number of rotatable bonds is 3. The van der Waals surface area contributed by atoms with Crippen molar-refractivity contribution in [2.75, 3.05) is 19.6 Å². The van der Waals surface area contributed by atoms with Crippen molar-refractivity contribution < 1.29 is 15.0 Å². The largest absolute Gasteiger partial charge is 0.478 e. The number of hydrogen-bond donors (Lipinski definition) is 2. The standard InChI is InChI=1S/C9H15NO3/c1-9(13)4-6-10(7-9)5-2-3-8(11)12/h2-3,13H,4-7H2,1H3,(H,11,12)/b3-2+. The van der Waals surface area contributed by atoms with Gasteiger partial charge in [0.15, 0.2) is 0 Å². The van der Waals surface area contributed by atoms with Crippen molar-refractivity contribution in [1.29, 1.82) is 0 Å². The Kier molecular flexibility index (Phi) is 3.06. The van der Waals surface area contributed by atoms with E-state index in [1.807, 2.05) is 4.90 Å². The molecule has 1 aliphatic heterocycles. The van der Waals surface area contributed by atoms with Gasteiger partial charge in [0.05, 0.1) is 5.60 Å². The maximum Gasteiger partial charge on any atom is 0.328 e. The van der Waals surface area contributed by atoms with Gasteiger partial charge >= 0.3 is 5.97 Å². The molecule has 0 spiro atoms. The molecule has 1 rings (SSSR count). The van der Waals surface area contributed by atoms with E-state index in [1.165, 1.54) is 0 Å². The van der Waals surface area contributed by atoms with Crippen LogP contribution in [-0.2, 0) is 4.79 Å². The van der Waals surface area contributed by atoms with Crippen LogP contribution in [0.1, 0.15) is 13.3 Å². The number of β-amino-alcohol motifs (C(OH)–C–C–N with tert-alkyl or cyclic N) is 1. The van der Waals surface area contributed by atoms with Gasteiger partial charge in [0, 0.05) is 25.7 Å². The van der Waals surface area contributed by atoms with Gasteiger partial charge in [0.2, 0.25) is 0 Å². The highest BCUT2D eigenvalue weighted by Crippen LogP contribution is 2.19. The molecule has 0 radical (unpaired) electrons. The number of aliphatic hydroxyl groups is 1. The van der Waals surface area contributed by atoms with E-state index in [0.717, 1.165) is 19.0 Å². The van der Waals surface area contributed by atoms with E-state index in [2.05, 4.69) is 0 Å². The molecule has 1 saturated heterocycles. The van der Waals surface area contributed by atoms with E-state index in [9.17, 15) is 9.90 Å². The second-order valence-corrected chi connectivity index (χ2v) is 3.72. The first-order chi connectivity index (χ1) is 5.99. The summed E-state index contributed by atoms with van der Waals surface area (Å²) in [5.41, 5.74) is -0.600. The second kappa shape index (κ2) is 3.89. The Balaban J connectivity index is 2.29. The molecule has 4 nitrogen and oxygen atoms in total. The fraction of sp³-hybridized carbons (Fsp3) is 0.667. The number of carboxylic acids is 1. The van der Waals surface area contributed by atoms with E-state index >= 15 is 0 Å². The summed E-state index contributed by atoms with van der Waals surface area (Å²) >= 11 is 0. The van der Waals surface area contributed by atoms with Gasteiger partial charge in [-0.15, -0.1) is 0 Å². The van der Waals surface area contributed by atoms with Crippen LogP contribution < -0.4 is 0 Å². The Morgan fingerprint density at radius 3 is 2.85 bits per heavy atom. The second-order valence-electron chi connectivity index (χ2n) is 3.72. The molecule has 0 saturated carbocycles. The minimum absolute atomic E-state index is 0.600. The number of likely N-dealkylation sites (tertiary alicyclic amines) is 1. The van der Waals surface area contributed by atoms with Crippen LogP contribution in [0.2, 0.25) is 0 Å². The maximum absolute atomic E-state index is 10.1. The van der Waals surface area contributed by atoms with Gasteiger partial charge in [-0.25, -0.2) is 4.79 Å². The summed E-state index contributed by atoms with van der Waals surface area (Å²) in [5, 5.41) is 17.9. The summed E-state index contributed by atoms with van der Waals surface area (Å²) in [6.07, 6.45) is 3.49. The van der Waals surface area contributed by atoms with Crippen molar-refractivity contribution in [2.24, 2.45) is 0 Å². The average Bonchev–Trinajstić information content (AvgIpc) is 2.29. The Labute approximate surface area is 77.5 Å². The molecule has 0 aromatic carbocycles. The molecular weight excluding hydrogens is 170 g/mol. The van der Waals surface area contributed by atoms with Crippen molar-refractivity contribution in [2.45, 2.75) is 18.9 Å². The molecule has 0 aliphatic carbocycles. The molecule has 1 fully saturated rings. The predicted molar refractivity (Wildman–Crippen MR) is 48.5 cm³/mol. The summed E-state index contributed by atoms with van der Waals surface area (Å²) < 4.78 is 0. The molecule has 1 heterocycles. The highest BCUT2D eigenvalue weighted by Gasteiger charge is 2.30. The zero-order valence-corrected chi connectivity index (χ0v) is 7.73. The molecule has 4 heteroatoms. The monoisotopic (exact) mass is 185 g/mol. The van der Waals surface area contributed by atoms with Gasteiger partial charge in [0.1, 0.15) is 0 Å². The third-order valence-electron chi connectivity index (χ3n) is 2.15. The molecule has 0 amide bonds. The summed E-state index contributed by atoms with van der Waals surface area (Å²) in [7, 11) is 0. The number of carbonyl (C=O) groups is 1. The fourth-order valence-electron chi connectivity index (χ4n) is 1.50. The molecule has 74 valence electrons. The smallest absolute Gasteiger partial charge is 0.328 e. The van der Waals surface area contributed by atoms with Crippen LogP contribution in [0, 0.1) is 0 Å². The van der Waals surface area contributed by atoms with Gasteiger partial charge in [0.25, 0.3) is 0 Å². The average molecular weight is 185 g/mol. The molecule has 2 N–H and O–H groups in total. The topological polar surface area (TPSA) is 60.8 Å². The van der Waals surface area contributed by atoms with Gasteiger partial charge in [-0.3, -0.25) is 4.90 Å². The number of carboxylic acid groups (broad SMARTS) is 1. The van der Waals surface area contributed by atoms with E-state index in [0.29, 0.717) is 13.1 Å². The molecule has 0 aromatic rings. The lowest BCUT2D eigenvalue weighted by Gasteiger charge is -2.16. The van der Waals surface area contributed by atoms with Crippen LogP contribution >= 0.6 is 0 Å². The summed E-state index contributed by atoms with van der Waals surface area (Å²) in [6, 6.07) is 0. The lowest BCUT2D eigenvalue weighted by Crippen LogP contribution is -2.29. The number of hydrogen-bond acceptors (Lipinski definition) is 3. The first-order valence-corrected chi connectivity index (χ1v) is 4.34. The highest BCUT2D eigenvalue weighted by molar-refractivity contribution is 5.79. The molecule has 0 aromatic heterocycles. The van der Waals surface area contributed by atoms with E-state index in [-0.39, 0.29) is 0 Å². The minimum atomic E-state index is -0.925. The Hall–Kier alpha value is -0.870. The van der Waals surface area contributed by atoms with Crippen LogP contribution in [0.15, 0.2) is 12.2 Å². The van der Waals surface area contributed by atoms with E-state index in [4.69, 9.17) is 5.11 Å². The Bertz CT molecular complexity index is 223. The summed E-state index contributed by atoms with van der Waals surface area (Å²) in [5.74, 6) is -0.925. The SMILES string of the molecule is CC1(O)CCN(C/C=C/C(=O)O)C1. The minimum Gasteiger partial charge on any atom is -0.478 e. The van der Waals surface area contributed by atoms with Crippen molar-refractivity contribution >= 4 is 5.97 Å². The van der Waals surface area contributed by atoms with Crippen molar-refractivity contribution in [3.63, 3.8) is 0 Å². The third kappa shape index (κ3) is 3.57. The quantitative estimate of drug-likeness (QED) is 0.611. The summed E-state index contributed by atoms with van der Waals surface area (Å²) in [4.78, 5) is 12.2. The van der Waals surface area contributed by atoms with E-state index in [1.54, 1.807) is 13.0 Å². The molecule has 0 bridgehead atoms. The molecular formula is C9H15NO3. The van der Waals surface area contributed by atoms with Crippen LogP contribution in [0.4, 0.5) is 0 Å². The van der Waals surface area contributed by atoms with Gasteiger partial charge in [-0.1, -0.05) is 6.08 Å². The first kappa shape index (κ1) is 10.2. The number of aliphatic carboxylic acids is 1. The zero-order valence-electron chi connectivity index (χ0n) is 7.73. The highest BCUT2D eigenvalue weighted by atomic mass is 16.4.